The van der Waals surface area contributed by atoms with E-state index in [1.165, 1.54) is 5.56 Å². The van der Waals surface area contributed by atoms with E-state index in [-0.39, 0.29) is 12.2 Å². The number of rotatable bonds is 6. The molecule has 7 nitrogen and oxygen atoms in total. The van der Waals surface area contributed by atoms with Crippen LogP contribution in [0, 0.1) is 0 Å². The lowest BCUT2D eigenvalue weighted by atomic mass is 9.96. The number of benzene rings is 1. The van der Waals surface area contributed by atoms with Gasteiger partial charge in [-0.2, -0.15) is 0 Å². The minimum Gasteiger partial charge on any atom is -0.392 e. The molecule has 2 aromatic rings. The van der Waals surface area contributed by atoms with Crippen LogP contribution in [0.15, 0.2) is 42.7 Å². The Bertz CT molecular complexity index is 878. The van der Waals surface area contributed by atoms with E-state index in [2.05, 4.69) is 36.8 Å². The molecule has 1 N–H and O–H groups in total. The highest BCUT2D eigenvalue weighted by molar-refractivity contribution is 6.30. The second-order valence-corrected chi connectivity index (χ2v) is 10.0. The minimum atomic E-state index is -0.188. The smallest absolute Gasteiger partial charge is 0.225 e. The number of aliphatic hydroxyl groups is 1. The third-order valence-electron chi connectivity index (χ3n) is 7.27. The van der Waals surface area contributed by atoms with E-state index >= 15 is 0 Å². The molecule has 0 bridgehead atoms. The molecule has 0 radical (unpaired) electrons. The van der Waals surface area contributed by atoms with Gasteiger partial charge in [-0.1, -0.05) is 23.7 Å². The van der Waals surface area contributed by atoms with Crippen molar-refractivity contribution in [2.75, 3.05) is 50.8 Å². The molecule has 0 saturated carbocycles. The number of β-amino-alcohol motifs (C(OH)–C–C–N with tert-alkyl or cyclic N) is 1. The topological polar surface area (TPSA) is 65.0 Å². The zero-order chi connectivity index (χ0) is 22.6. The number of aliphatic hydroxyl groups excluding tert-OH is 1. The van der Waals surface area contributed by atoms with E-state index in [4.69, 9.17) is 16.3 Å². The average molecular weight is 472 g/mol. The number of hydrogen-bond acceptors (Lipinski definition) is 7. The van der Waals surface area contributed by atoms with Gasteiger partial charge in [0.1, 0.15) is 0 Å². The molecule has 3 aliphatic heterocycles. The molecule has 178 valence electrons. The second-order valence-electron chi connectivity index (χ2n) is 9.61. The summed E-state index contributed by atoms with van der Waals surface area (Å²) in [6.07, 6.45) is 7.68. The normalized spacial score (nSPS) is 27.8. The molecule has 0 spiro atoms. The molecule has 2 unspecified atom stereocenters. The summed E-state index contributed by atoms with van der Waals surface area (Å²) in [5.74, 6) is 0.834. The van der Waals surface area contributed by atoms with E-state index in [9.17, 15) is 5.11 Å². The summed E-state index contributed by atoms with van der Waals surface area (Å²) < 4.78 is 6.37. The highest BCUT2D eigenvalue weighted by atomic mass is 35.5. The lowest BCUT2D eigenvalue weighted by Crippen LogP contribution is -2.58. The van der Waals surface area contributed by atoms with E-state index in [0.29, 0.717) is 12.1 Å². The standard InChI is InChI=1S/C25H34ClN5O2/c26-20-4-2-19(3-5-20)14-22-18-33-24(16-29-11-8-23(32)15-29)17-31(22)21-6-12-30(13-7-21)25-27-9-1-10-28-25/h1-5,9-10,21-24,32H,6-8,11-18H2/t22?,23-,24?/m1/s1. The van der Waals surface area contributed by atoms with Gasteiger partial charge in [0.15, 0.2) is 0 Å². The molecule has 0 amide bonds. The number of morpholine rings is 1. The fourth-order valence-electron chi connectivity index (χ4n) is 5.52. The van der Waals surface area contributed by atoms with Gasteiger partial charge in [-0.3, -0.25) is 9.80 Å². The Kier molecular flexibility index (Phi) is 7.43. The van der Waals surface area contributed by atoms with Crippen molar-refractivity contribution in [2.24, 2.45) is 0 Å². The zero-order valence-electron chi connectivity index (χ0n) is 19.1. The van der Waals surface area contributed by atoms with Crippen LogP contribution < -0.4 is 4.90 Å². The van der Waals surface area contributed by atoms with Crippen LogP contribution in [0.25, 0.3) is 0 Å². The van der Waals surface area contributed by atoms with Crippen LogP contribution in [0.3, 0.4) is 0 Å². The van der Waals surface area contributed by atoms with Crippen molar-refractivity contribution in [2.45, 2.75) is 50.0 Å². The fraction of sp³-hybridized carbons (Fsp3) is 0.600. The highest BCUT2D eigenvalue weighted by Gasteiger charge is 2.37. The van der Waals surface area contributed by atoms with Gasteiger partial charge in [0.25, 0.3) is 0 Å². The van der Waals surface area contributed by atoms with Crippen molar-refractivity contribution < 1.29 is 9.84 Å². The first-order chi connectivity index (χ1) is 16.1. The molecule has 4 heterocycles. The molecule has 3 atom stereocenters. The van der Waals surface area contributed by atoms with Crippen molar-refractivity contribution in [3.8, 4) is 0 Å². The Hall–Kier alpha value is -1.77. The monoisotopic (exact) mass is 471 g/mol. The number of aromatic nitrogens is 2. The van der Waals surface area contributed by atoms with Crippen molar-refractivity contribution in [1.82, 2.24) is 19.8 Å². The minimum absolute atomic E-state index is 0.187. The lowest BCUT2D eigenvalue weighted by molar-refractivity contribution is -0.0901. The van der Waals surface area contributed by atoms with Crippen molar-refractivity contribution in [3.63, 3.8) is 0 Å². The Morgan fingerprint density at radius 1 is 1.00 bits per heavy atom. The van der Waals surface area contributed by atoms with Gasteiger partial charge in [-0.25, -0.2) is 9.97 Å². The summed E-state index contributed by atoms with van der Waals surface area (Å²) in [6.45, 7) is 6.26. The SMILES string of the molecule is O[C@@H]1CCN(CC2CN(C3CCN(c4ncccn4)CC3)C(Cc3ccc(Cl)cc3)CO2)C1. The Morgan fingerprint density at radius 2 is 1.76 bits per heavy atom. The van der Waals surface area contributed by atoms with E-state index in [1.807, 2.05) is 30.6 Å². The molecule has 0 aliphatic carbocycles. The number of anilines is 1. The summed E-state index contributed by atoms with van der Waals surface area (Å²) in [7, 11) is 0. The molecule has 8 heteroatoms. The third kappa shape index (κ3) is 5.84. The number of piperidine rings is 1. The zero-order valence-corrected chi connectivity index (χ0v) is 19.9. The lowest BCUT2D eigenvalue weighted by Gasteiger charge is -2.47. The average Bonchev–Trinajstić information content (AvgIpc) is 3.26. The molecule has 3 saturated heterocycles. The van der Waals surface area contributed by atoms with Crippen LogP contribution in [0.2, 0.25) is 5.02 Å². The summed E-state index contributed by atoms with van der Waals surface area (Å²) >= 11 is 6.11. The number of halogens is 1. The maximum absolute atomic E-state index is 9.91. The Labute approximate surface area is 201 Å². The van der Waals surface area contributed by atoms with Crippen molar-refractivity contribution in [1.29, 1.82) is 0 Å². The first-order valence-electron chi connectivity index (χ1n) is 12.2. The third-order valence-corrected chi connectivity index (χ3v) is 7.52. The second kappa shape index (κ2) is 10.7. The predicted molar refractivity (Wildman–Crippen MR) is 130 cm³/mol. The molecular formula is C25H34ClN5O2. The molecule has 3 fully saturated rings. The number of likely N-dealkylation sites (tertiary alicyclic amines) is 1. The van der Waals surface area contributed by atoms with E-state index in [1.54, 1.807) is 0 Å². The highest BCUT2D eigenvalue weighted by Crippen LogP contribution is 2.27. The van der Waals surface area contributed by atoms with Crippen molar-refractivity contribution >= 4 is 17.5 Å². The maximum atomic E-state index is 9.91. The first kappa shape index (κ1) is 23.0. The van der Waals surface area contributed by atoms with E-state index < -0.39 is 0 Å². The Morgan fingerprint density at radius 3 is 2.45 bits per heavy atom. The number of nitrogens with zero attached hydrogens (tertiary/aromatic N) is 5. The Balaban J connectivity index is 1.25. The molecule has 1 aromatic heterocycles. The first-order valence-corrected chi connectivity index (χ1v) is 12.6. The van der Waals surface area contributed by atoms with Gasteiger partial charge in [0.05, 0.1) is 18.8 Å². The van der Waals surface area contributed by atoms with Crippen molar-refractivity contribution in [3.05, 3.63) is 53.3 Å². The summed E-state index contributed by atoms with van der Waals surface area (Å²) in [6, 6.07) is 11.0. The van der Waals surface area contributed by atoms with Crippen LogP contribution in [-0.2, 0) is 11.2 Å². The van der Waals surface area contributed by atoms with Crippen LogP contribution in [0.5, 0.6) is 0 Å². The summed E-state index contributed by atoms with van der Waals surface area (Å²) in [4.78, 5) is 16.2. The van der Waals surface area contributed by atoms with Crippen LogP contribution in [-0.4, -0.2) is 95.0 Å². The molecule has 5 rings (SSSR count). The van der Waals surface area contributed by atoms with Gasteiger partial charge in [-0.15, -0.1) is 0 Å². The van der Waals surface area contributed by atoms with E-state index in [0.717, 1.165) is 82.5 Å². The van der Waals surface area contributed by atoms with Gasteiger partial charge >= 0.3 is 0 Å². The molecule has 33 heavy (non-hydrogen) atoms. The summed E-state index contributed by atoms with van der Waals surface area (Å²) in [5, 5.41) is 10.7. The van der Waals surface area contributed by atoms with Gasteiger partial charge in [0.2, 0.25) is 5.95 Å². The number of ether oxygens (including phenoxy) is 1. The fourth-order valence-corrected chi connectivity index (χ4v) is 5.65. The van der Waals surface area contributed by atoms with Gasteiger partial charge in [-0.05, 0) is 49.4 Å². The predicted octanol–water partition coefficient (Wildman–Crippen LogP) is 2.48. The molecule has 1 aromatic carbocycles. The largest absolute Gasteiger partial charge is 0.392 e. The van der Waals surface area contributed by atoms with Gasteiger partial charge < -0.3 is 14.7 Å². The van der Waals surface area contributed by atoms with Crippen LogP contribution >= 0.6 is 11.6 Å². The molecule has 3 aliphatic rings. The van der Waals surface area contributed by atoms with Crippen LogP contribution in [0.4, 0.5) is 5.95 Å². The van der Waals surface area contributed by atoms with Crippen LogP contribution in [0.1, 0.15) is 24.8 Å². The number of hydrogen-bond donors (Lipinski definition) is 1. The summed E-state index contributed by atoms with van der Waals surface area (Å²) in [5.41, 5.74) is 1.30. The maximum Gasteiger partial charge on any atom is 0.225 e. The quantitative estimate of drug-likeness (QED) is 0.694. The molecular weight excluding hydrogens is 438 g/mol. The van der Waals surface area contributed by atoms with Gasteiger partial charge in [0, 0.05) is 68.8 Å².